The van der Waals surface area contributed by atoms with E-state index in [9.17, 15) is 14.0 Å². The molecule has 9 nitrogen and oxygen atoms in total. The van der Waals surface area contributed by atoms with E-state index >= 15 is 0 Å². The van der Waals surface area contributed by atoms with Gasteiger partial charge in [-0.25, -0.2) is 19.4 Å². The van der Waals surface area contributed by atoms with Gasteiger partial charge in [0.15, 0.2) is 5.96 Å². The van der Waals surface area contributed by atoms with Crippen LogP contribution in [0.15, 0.2) is 35.6 Å². The highest BCUT2D eigenvalue weighted by Gasteiger charge is 2.38. The van der Waals surface area contributed by atoms with Crippen molar-refractivity contribution in [1.82, 2.24) is 14.9 Å². The molecule has 1 aliphatic rings. The lowest BCUT2D eigenvalue weighted by Crippen LogP contribution is -2.47. The number of nitrogens with two attached hydrogens (primary N) is 1. The molecule has 2 amide bonds. The fourth-order valence-electron chi connectivity index (χ4n) is 2.93. The van der Waals surface area contributed by atoms with Gasteiger partial charge >= 0.3 is 0 Å². The normalized spacial score (nSPS) is 18.7. The first-order valence-corrected chi connectivity index (χ1v) is 9.51. The number of hydrogen-bond acceptors (Lipinski definition) is 7. The molecule has 0 saturated carbocycles. The number of hydrogen-bond donors (Lipinski definition) is 2. The van der Waals surface area contributed by atoms with Crippen LogP contribution < -0.4 is 15.8 Å². The van der Waals surface area contributed by atoms with Gasteiger partial charge in [0.1, 0.15) is 18.1 Å². The fourth-order valence-corrected chi connectivity index (χ4v) is 3.00. The molecule has 1 aliphatic heterocycles. The van der Waals surface area contributed by atoms with Gasteiger partial charge in [-0.1, -0.05) is 0 Å². The van der Waals surface area contributed by atoms with Crippen LogP contribution in [0.25, 0.3) is 0 Å². The molecule has 0 bridgehead atoms. The van der Waals surface area contributed by atoms with Crippen LogP contribution in [0.3, 0.4) is 0 Å². The number of halogens is 2. The summed E-state index contributed by atoms with van der Waals surface area (Å²) in [5.74, 6) is -0.860. The van der Waals surface area contributed by atoms with Crippen molar-refractivity contribution < 1.29 is 18.7 Å². The highest BCUT2D eigenvalue weighted by Crippen LogP contribution is 2.35. The minimum absolute atomic E-state index is 0.00524. The van der Waals surface area contributed by atoms with Crippen molar-refractivity contribution in [2.75, 3.05) is 24.9 Å². The monoisotopic (exact) mass is 434 g/mol. The van der Waals surface area contributed by atoms with Crippen LogP contribution in [-0.4, -0.2) is 52.2 Å². The number of amides is 2. The number of benzene rings is 1. The molecule has 1 atom stereocenters. The largest absolute Gasteiger partial charge is 0.475 e. The highest BCUT2D eigenvalue weighted by atomic mass is 35.5. The van der Waals surface area contributed by atoms with E-state index in [1.165, 1.54) is 42.5 Å². The van der Waals surface area contributed by atoms with Crippen LogP contribution in [0.5, 0.6) is 5.88 Å². The van der Waals surface area contributed by atoms with E-state index in [1.54, 1.807) is 6.92 Å². The molecular formula is C19H20ClFN6O3. The third-order valence-electron chi connectivity index (χ3n) is 4.57. The lowest BCUT2D eigenvalue weighted by molar-refractivity contribution is -0.128. The number of aromatic nitrogens is 2. The second kappa shape index (κ2) is 8.62. The predicted molar refractivity (Wildman–Crippen MR) is 109 cm³/mol. The summed E-state index contributed by atoms with van der Waals surface area (Å²) in [6.45, 7) is 1.88. The number of ether oxygens (including phenoxy) is 1. The summed E-state index contributed by atoms with van der Waals surface area (Å²) < 4.78 is 19.8. The summed E-state index contributed by atoms with van der Waals surface area (Å²) in [4.78, 5) is 38.1. The molecule has 158 valence electrons. The minimum Gasteiger partial charge on any atom is -0.475 e. The van der Waals surface area contributed by atoms with Gasteiger partial charge in [-0.3, -0.25) is 14.5 Å². The molecule has 0 saturated heterocycles. The van der Waals surface area contributed by atoms with Crippen molar-refractivity contribution in [2.45, 2.75) is 18.9 Å². The summed E-state index contributed by atoms with van der Waals surface area (Å²) >= 11 is 5.54. The Hall–Kier alpha value is -3.27. The van der Waals surface area contributed by atoms with Crippen LogP contribution in [0.1, 0.15) is 29.4 Å². The molecule has 0 spiro atoms. The van der Waals surface area contributed by atoms with Crippen molar-refractivity contribution in [1.29, 1.82) is 0 Å². The van der Waals surface area contributed by atoms with Gasteiger partial charge in [-0.2, -0.15) is 0 Å². The third kappa shape index (κ3) is 4.48. The summed E-state index contributed by atoms with van der Waals surface area (Å²) in [6, 6.07) is 4.02. The number of rotatable bonds is 6. The van der Waals surface area contributed by atoms with Gasteiger partial charge < -0.3 is 15.8 Å². The average molecular weight is 435 g/mol. The molecule has 11 heteroatoms. The molecule has 3 rings (SSSR count). The van der Waals surface area contributed by atoms with Crippen LogP contribution in [0.4, 0.5) is 10.1 Å². The number of anilines is 1. The summed E-state index contributed by atoms with van der Waals surface area (Å²) in [5.41, 5.74) is 5.09. The van der Waals surface area contributed by atoms with Crippen molar-refractivity contribution in [2.24, 2.45) is 10.7 Å². The average Bonchev–Trinajstić information content (AvgIpc) is 2.72. The number of carbonyl (C=O) groups excluding carboxylic acids is 2. The molecule has 1 aromatic carbocycles. The Morgan fingerprint density at radius 3 is 2.80 bits per heavy atom. The lowest BCUT2D eigenvalue weighted by atomic mass is 9.87. The quantitative estimate of drug-likeness (QED) is 0.669. The van der Waals surface area contributed by atoms with E-state index in [1.807, 2.05) is 0 Å². The Bertz CT molecular complexity index is 1000. The minimum atomic E-state index is -1.19. The second-order valence-corrected chi connectivity index (χ2v) is 7.18. The van der Waals surface area contributed by atoms with Gasteiger partial charge in [0.25, 0.3) is 5.91 Å². The Kier molecular flexibility index (Phi) is 6.16. The Labute approximate surface area is 177 Å². The van der Waals surface area contributed by atoms with Crippen molar-refractivity contribution in [3.8, 4) is 5.88 Å². The number of nitrogens with zero attached hydrogens (tertiary/aromatic N) is 4. The van der Waals surface area contributed by atoms with Crippen LogP contribution in [0, 0.1) is 5.82 Å². The summed E-state index contributed by atoms with van der Waals surface area (Å²) in [6.07, 6.45) is 2.50. The van der Waals surface area contributed by atoms with E-state index in [2.05, 4.69) is 20.3 Å². The molecule has 2 heterocycles. The van der Waals surface area contributed by atoms with Gasteiger partial charge in [0, 0.05) is 18.3 Å². The number of alkyl halides is 1. The molecule has 0 aliphatic carbocycles. The Balaban J connectivity index is 1.82. The first kappa shape index (κ1) is 21.4. The number of nitrogens with one attached hydrogen (secondary N) is 1. The van der Waals surface area contributed by atoms with Crippen LogP contribution in [0.2, 0.25) is 0 Å². The van der Waals surface area contributed by atoms with Crippen LogP contribution >= 0.6 is 11.6 Å². The summed E-state index contributed by atoms with van der Waals surface area (Å²) in [5, 5.41) is 2.63. The maximum absolute atomic E-state index is 14.6. The second-order valence-electron chi connectivity index (χ2n) is 6.80. The number of carbonyl (C=O) groups is 2. The van der Waals surface area contributed by atoms with Gasteiger partial charge in [0.05, 0.1) is 30.2 Å². The summed E-state index contributed by atoms with van der Waals surface area (Å²) in [7, 11) is 1.50. The Morgan fingerprint density at radius 1 is 1.40 bits per heavy atom. The molecular weight excluding hydrogens is 415 g/mol. The first-order chi connectivity index (χ1) is 14.2. The number of guanidine groups is 1. The third-order valence-corrected chi connectivity index (χ3v) is 4.72. The standard InChI is InChI=1S/C19H20ClFN6O3/c1-19(8-16(28)27(2)18(22)26-19)12-7-11(3-4-13(12)21)25-17(29)14-9-24-15(10-23-14)30-6-5-20/h3-4,7,9-10H,5-6,8H2,1-2H3,(H2,22,26)(H,25,29). The topological polar surface area (TPSA) is 123 Å². The van der Waals surface area contributed by atoms with Crippen molar-refractivity contribution in [3.05, 3.63) is 47.7 Å². The van der Waals surface area contributed by atoms with E-state index in [0.29, 0.717) is 11.6 Å². The van der Waals surface area contributed by atoms with Crippen LogP contribution in [-0.2, 0) is 10.3 Å². The molecule has 3 N–H and O–H groups in total. The first-order valence-electron chi connectivity index (χ1n) is 8.97. The van der Waals surface area contributed by atoms with Gasteiger partial charge in [-0.15, -0.1) is 11.6 Å². The molecule has 0 fully saturated rings. The zero-order valence-corrected chi connectivity index (χ0v) is 17.1. The maximum Gasteiger partial charge on any atom is 0.275 e. The predicted octanol–water partition coefficient (Wildman–Crippen LogP) is 1.88. The smallest absolute Gasteiger partial charge is 0.275 e. The van der Waals surface area contributed by atoms with E-state index in [4.69, 9.17) is 22.1 Å². The highest BCUT2D eigenvalue weighted by molar-refractivity contribution is 6.18. The maximum atomic E-state index is 14.6. The molecule has 1 unspecified atom stereocenters. The van der Waals surface area contributed by atoms with Gasteiger partial charge in [-0.05, 0) is 25.1 Å². The van der Waals surface area contributed by atoms with Gasteiger partial charge in [0.2, 0.25) is 11.8 Å². The Morgan fingerprint density at radius 2 is 2.17 bits per heavy atom. The van der Waals surface area contributed by atoms with E-state index < -0.39 is 17.3 Å². The molecule has 0 radical (unpaired) electrons. The SMILES string of the molecule is CN1C(=O)CC(C)(c2cc(NC(=O)c3cnc(OCCCl)cn3)ccc2F)N=C1N. The zero-order chi connectivity index (χ0) is 21.9. The number of aliphatic imine (C=N–C) groups is 1. The van der Waals surface area contributed by atoms with Crippen molar-refractivity contribution in [3.63, 3.8) is 0 Å². The van der Waals surface area contributed by atoms with E-state index in [-0.39, 0.29) is 42.0 Å². The fraction of sp³-hybridized carbons (Fsp3) is 0.316. The van der Waals surface area contributed by atoms with Crippen molar-refractivity contribution >= 4 is 35.1 Å². The lowest BCUT2D eigenvalue weighted by Gasteiger charge is -2.34. The molecule has 1 aromatic heterocycles. The van der Waals surface area contributed by atoms with E-state index in [0.717, 1.165) is 0 Å². The zero-order valence-electron chi connectivity index (χ0n) is 16.4. The molecule has 2 aromatic rings. The molecule has 30 heavy (non-hydrogen) atoms.